The minimum absolute atomic E-state index is 0.00565. The number of carbonyl (C=O) groups is 4. The zero-order valence-corrected chi connectivity index (χ0v) is 26.8. The van der Waals surface area contributed by atoms with Crippen LogP contribution in [0.25, 0.3) is 6.08 Å². The molecule has 3 aliphatic rings. The topological polar surface area (TPSA) is 205 Å². The van der Waals surface area contributed by atoms with Crippen LogP contribution < -0.4 is 10.6 Å². The average Bonchev–Trinajstić information content (AvgIpc) is 3.56. The van der Waals surface area contributed by atoms with Crippen molar-refractivity contribution in [1.82, 2.24) is 20.6 Å². The number of allylic oxidation sites excluding steroid dienone is 1. The molecule has 2 aromatic rings. The first kappa shape index (κ1) is 33.1. The molecule has 246 valence electrons. The highest BCUT2D eigenvalue weighted by Crippen LogP contribution is 2.46. The molecule has 12 nitrogen and oxygen atoms in total. The third-order valence-corrected chi connectivity index (χ3v) is 10.4. The predicted octanol–water partition coefficient (Wildman–Crippen LogP) is 2.82. The summed E-state index contributed by atoms with van der Waals surface area (Å²) in [6, 6.07) is -0.528. The van der Waals surface area contributed by atoms with Gasteiger partial charge in [0, 0.05) is 82.6 Å². The molecule has 0 radical (unpaired) electrons. The lowest BCUT2D eigenvalue weighted by atomic mass is 9.91. The molecule has 3 aliphatic heterocycles. The van der Waals surface area contributed by atoms with Gasteiger partial charge in [0.1, 0.15) is 0 Å². The van der Waals surface area contributed by atoms with Crippen molar-refractivity contribution < 1.29 is 39.6 Å². The van der Waals surface area contributed by atoms with Gasteiger partial charge in [-0.1, -0.05) is 6.92 Å². The number of carboxylic acids is 2. The van der Waals surface area contributed by atoms with Crippen LogP contribution in [0.2, 0.25) is 0 Å². The van der Waals surface area contributed by atoms with Gasteiger partial charge < -0.3 is 41.0 Å². The highest BCUT2D eigenvalue weighted by atomic mass is 32.2. The summed E-state index contributed by atoms with van der Waals surface area (Å²) in [6.07, 6.45) is 5.01. The molecule has 0 spiro atoms. The van der Waals surface area contributed by atoms with Crippen LogP contribution in [-0.2, 0) is 44.9 Å². The summed E-state index contributed by atoms with van der Waals surface area (Å²) in [5.41, 5.74) is 8.06. The van der Waals surface area contributed by atoms with Crippen LogP contribution >= 0.6 is 11.8 Å². The van der Waals surface area contributed by atoms with Crippen LogP contribution in [0.3, 0.4) is 0 Å². The van der Waals surface area contributed by atoms with Gasteiger partial charge in [-0.05, 0) is 66.7 Å². The van der Waals surface area contributed by atoms with Gasteiger partial charge in [-0.2, -0.15) is 11.8 Å². The SMILES string of the molecule is Cc1c(/C=C2\NC(=O)[C@H](C)[C@H]2[C@H]2CS2)[nH]c(Cc2[nH]c(C[C@H]3NC(=O)C(/C=C/O)=C3CO)c(C)c2CCC(=O)O)c1CCC(=O)O. The zero-order valence-electron chi connectivity index (χ0n) is 26.0. The molecular weight excluding hydrogens is 612 g/mol. The second-order valence-corrected chi connectivity index (χ2v) is 13.5. The van der Waals surface area contributed by atoms with Crippen molar-refractivity contribution in [3.63, 3.8) is 0 Å². The highest BCUT2D eigenvalue weighted by molar-refractivity contribution is 8.06. The number of carboxylic acid groups (broad SMARTS) is 2. The smallest absolute Gasteiger partial charge is 0.303 e. The van der Waals surface area contributed by atoms with Gasteiger partial charge in [-0.15, -0.1) is 0 Å². The Morgan fingerprint density at radius 1 is 0.978 bits per heavy atom. The Balaban J connectivity index is 1.52. The van der Waals surface area contributed by atoms with Crippen LogP contribution in [0.1, 0.15) is 64.8 Å². The van der Waals surface area contributed by atoms with E-state index in [1.807, 2.05) is 38.6 Å². The zero-order chi connectivity index (χ0) is 33.3. The van der Waals surface area contributed by atoms with Crippen LogP contribution in [-0.4, -0.2) is 77.8 Å². The van der Waals surface area contributed by atoms with E-state index in [1.165, 1.54) is 6.08 Å². The third-order valence-electron chi connectivity index (χ3n) is 9.38. The predicted molar refractivity (Wildman–Crippen MR) is 172 cm³/mol. The van der Waals surface area contributed by atoms with Gasteiger partial charge in [0.25, 0.3) is 5.91 Å². The molecule has 4 atom stereocenters. The summed E-state index contributed by atoms with van der Waals surface area (Å²) in [6.45, 7) is 5.38. The van der Waals surface area contributed by atoms with Gasteiger partial charge in [0.15, 0.2) is 0 Å². The number of H-pyrrole nitrogens is 2. The number of hydrogen-bond acceptors (Lipinski definition) is 7. The Hall–Kier alpha value is -4.23. The molecule has 0 aromatic carbocycles. The quantitative estimate of drug-likeness (QED) is 0.111. The Kier molecular flexibility index (Phi) is 9.82. The fourth-order valence-electron chi connectivity index (χ4n) is 6.78. The standard InChI is InChI=1S/C33H40N4O8S/c1-15-18(4-6-29(40)41)24(34-22(15)10-26-21(13-39)20(8-9-38)33(45)36-26)12-25-19(5-7-30(42)43)16(2)23(35-25)11-27-31(28-14-46-28)17(3)32(44)37-27/h8-9,11,17,26,28,31,34-35,38-39H,4-7,10,12-14H2,1-3H3,(H,36,45)(H,37,44)(H,40,41)(H,42,43)/b9-8+,27-11-/t17-,26-,28-,31-/m1/s1. The van der Waals surface area contributed by atoms with E-state index in [0.29, 0.717) is 23.7 Å². The average molecular weight is 653 g/mol. The lowest BCUT2D eigenvalue weighted by molar-refractivity contribution is -0.138. The van der Waals surface area contributed by atoms with Crippen LogP contribution in [0.5, 0.6) is 0 Å². The van der Waals surface area contributed by atoms with E-state index in [9.17, 15) is 39.6 Å². The number of aliphatic carboxylic acids is 2. The second kappa shape index (κ2) is 13.6. The third kappa shape index (κ3) is 6.80. The Morgan fingerprint density at radius 3 is 2.20 bits per heavy atom. The van der Waals surface area contributed by atoms with Crippen molar-refractivity contribution in [2.45, 2.75) is 70.6 Å². The fourth-order valence-corrected chi connectivity index (χ4v) is 7.69. The molecule has 46 heavy (non-hydrogen) atoms. The first-order chi connectivity index (χ1) is 21.9. The van der Waals surface area contributed by atoms with E-state index in [4.69, 9.17) is 0 Å². The number of amides is 2. The summed E-state index contributed by atoms with van der Waals surface area (Å²) in [7, 11) is 0. The molecule has 2 amide bonds. The number of carbonyl (C=O) groups excluding carboxylic acids is 2. The lowest BCUT2D eigenvalue weighted by Crippen LogP contribution is -2.31. The van der Waals surface area contributed by atoms with Crippen molar-refractivity contribution >= 4 is 41.6 Å². The minimum atomic E-state index is -0.940. The molecule has 5 heterocycles. The molecule has 13 heteroatoms. The summed E-state index contributed by atoms with van der Waals surface area (Å²) < 4.78 is 0. The molecule has 0 saturated carbocycles. The fraction of sp³-hybridized carbons (Fsp3) is 0.455. The molecule has 0 bridgehead atoms. The Bertz CT molecular complexity index is 1660. The van der Waals surface area contributed by atoms with E-state index in [-0.39, 0.29) is 55.6 Å². The van der Waals surface area contributed by atoms with Gasteiger partial charge in [0.2, 0.25) is 5.91 Å². The molecular formula is C33H40N4O8S. The van der Waals surface area contributed by atoms with Gasteiger partial charge in [-0.3, -0.25) is 19.2 Å². The number of thioether (sulfide) groups is 1. The summed E-state index contributed by atoms with van der Waals surface area (Å²) in [5, 5.41) is 44.5. The molecule has 2 saturated heterocycles. The summed E-state index contributed by atoms with van der Waals surface area (Å²) >= 11 is 1.83. The van der Waals surface area contributed by atoms with E-state index in [1.54, 1.807) is 0 Å². The lowest BCUT2D eigenvalue weighted by Gasteiger charge is -2.14. The van der Waals surface area contributed by atoms with Crippen molar-refractivity contribution in [3.05, 3.63) is 74.2 Å². The molecule has 8 N–H and O–H groups in total. The largest absolute Gasteiger partial charge is 0.516 e. The number of nitrogens with one attached hydrogen (secondary N) is 4. The van der Waals surface area contributed by atoms with Gasteiger partial charge >= 0.3 is 11.9 Å². The molecule has 0 unspecified atom stereocenters. The number of hydrogen-bond donors (Lipinski definition) is 8. The first-order valence-corrected chi connectivity index (χ1v) is 16.4. The van der Waals surface area contributed by atoms with Gasteiger partial charge in [0.05, 0.1) is 18.9 Å². The van der Waals surface area contributed by atoms with Gasteiger partial charge in [-0.25, -0.2) is 0 Å². The molecule has 5 rings (SSSR count). The van der Waals surface area contributed by atoms with E-state index >= 15 is 0 Å². The second-order valence-electron chi connectivity index (χ2n) is 12.2. The van der Waals surface area contributed by atoms with Crippen LogP contribution in [0, 0.1) is 25.7 Å². The van der Waals surface area contributed by atoms with Crippen LogP contribution in [0.15, 0.2) is 29.2 Å². The number of aromatic amines is 2. The van der Waals surface area contributed by atoms with E-state index in [2.05, 4.69) is 20.6 Å². The first-order valence-electron chi connectivity index (χ1n) is 15.4. The van der Waals surface area contributed by atoms with Crippen molar-refractivity contribution in [3.8, 4) is 0 Å². The van der Waals surface area contributed by atoms with E-state index < -0.39 is 23.9 Å². The number of aliphatic hydroxyl groups is 2. The summed E-state index contributed by atoms with van der Waals surface area (Å²) in [5.74, 6) is -1.31. The van der Waals surface area contributed by atoms with Crippen molar-refractivity contribution in [2.24, 2.45) is 11.8 Å². The molecule has 2 fully saturated rings. The maximum absolute atomic E-state index is 12.6. The normalized spacial score (nSPS) is 23.5. The Morgan fingerprint density at radius 2 is 1.61 bits per heavy atom. The van der Waals surface area contributed by atoms with Crippen molar-refractivity contribution in [2.75, 3.05) is 12.4 Å². The molecule has 2 aromatic heterocycles. The highest BCUT2D eigenvalue weighted by Gasteiger charge is 2.45. The minimum Gasteiger partial charge on any atom is -0.516 e. The number of rotatable bonds is 14. The monoisotopic (exact) mass is 652 g/mol. The number of aromatic nitrogens is 2. The number of aliphatic hydroxyl groups excluding tert-OH is 2. The van der Waals surface area contributed by atoms with E-state index in [0.717, 1.165) is 62.7 Å². The van der Waals surface area contributed by atoms with Crippen LogP contribution in [0.4, 0.5) is 0 Å². The maximum Gasteiger partial charge on any atom is 0.303 e. The Labute approximate surface area is 270 Å². The summed E-state index contributed by atoms with van der Waals surface area (Å²) in [4.78, 5) is 55.2. The molecule has 0 aliphatic carbocycles. The maximum atomic E-state index is 12.6. The van der Waals surface area contributed by atoms with Crippen molar-refractivity contribution in [1.29, 1.82) is 0 Å².